The molecule has 2 aromatic carbocycles. The molecule has 0 radical (unpaired) electrons. The molecule has 1 atom stereocenters. The highest BCUT2D eigenvalue weighted by Gasteiger charge is 2.11. The van der Waals surface area contributed by atoms with E-state index >= 15 is 0 Å². The Hall–Kier alpha value is -2.95. The maximum Gasteiger partial charge on any atom is 0.261 e. The third-order valence-corrected chi connectivity index (χ3v) is 3.84. The number of carbonyl (C=O) groups excluding carboxylic acids is 1. The molecule has 1 amide bonds. The maximum absolute atomic E-state index is 12.4. The summed E-state index contributed by atoms with van der Waals surface area (Å²) in [4.78, 5) is 28.8. The van der Waals surface area contributed by atoms with Gasteiger partial charge in [-0.3, -0.25) is 14.2 Å². The molecule has 0 spiro atoms. The molecule has 0 aliphatic rings. The Morgan fingerprint density at radius 2 is 1.83 bits per heavy atom. The maximum atomic E-state index is 12.4. The second-order valence-electron chi connectivity index (χ2n) is 5.85. The average molecular weight is 321 g/mol. The van der Waals surface area contributed by atoms with Gasteiger partial charge in [0.2, 0.25) is 5.91 Å². The first-order valence-corrected chi connectivity index (χ1v) is 7.91. The first kappa shape index (κ1) is 15.9. The topological polar surface area (TPSA) is 64.0 Å². The molecule has 1 aromatic heterocycles. The second-order valence-corrected chi connectivity index (χ2v) is 5.85. The van der Waals surface area contributed by atoms with E-state index in [1.54, 1.807) is 18.2 Å². The molecule has 1 heterocycles. The largest absolute Gasteiger partial charge is 0.352 e. The summed E-state index contributed by atoms with van der Waals surface area (Å²) in [5, 5.41) is 3.44. The van der Waals surface area contributed by atoms with Crippen LogP contribution < -0.4 is 10.9 Å². The number of rotatable bonds is 5. The van der Waals surface area contributed by atoms with Gasteiger partial charge >= 0.3 is 0 Å². The third kappa shape index (κ3) is 3.68. The summed E-state index contributed by atoms with van der Waals surface area (Å²) in [6.45, 7) is 1.92. The van der Waals surface area contributed by atoms with Gasteiger partial charge in [0.15, 0.2) is 0 Å². The zero-order chi connectivity index (χ0) is 16.9. The van der Waals surface area contributed by atoms with Crippen molar-refractivity contribution in [3.63, 3.8) is 0 Å². The fourth-order valence-electron chi connectivity index (χ4n) is 2.71. The normalized spacial score (nSPS) is 12.0. The van der Waals surface area contributed by atoms with Gasteiger partial charge in [0.05, 0.1) is 17.2 Å². The Labute approximate surface area is 140 Å². The molecule has 0 bridgehead atoms. The number of aromatic nitrogens is 2. The molecule has 3 rings (SSSR count). The summed E-state index contributed by atoms with van der Waals surface area (Å²) in [5.41, 5.74) is 1.60. The van der Waals surface area contributed by atoms with Gasteiger partial charge in [0, 0.05) is 6.04 Å². The van der Waals surface area contributed by atoms with Crippen molar-refractivity contribution in [2.24, 2.45) is 0 Å². The SMILES string of the molecule is CC(Cc1ccccc1)NC(=O)Cn1cnc2ccccc2c1=O. The van der Waals surface area contributed by atoms with Crippen LogP contribution in [0.4, 0.5) is 0 Å². The molecular formula is C19H19N3O2. The van der Waals surface area contributed by atoms with E-state index in [1.165, 1.54) is 10.9 Å². The summed E-state index contributed by atoms with van der Waals surface area (Å²) >= 11 is 0. The number of fused-ring (bicyclic) bond motifs is 1. The minimum atomic E-state index is -0.202. The van der Waals surface area contributed by atoms with Gasteiger partial charge in [0.25, 0.3) is 5.56 Å². The molecule has 0 aliphatic heterocycles. The predicted molar refractivity (Wildman–Crippen MR) is 93.8 cm³/mol. The second kappa shape index (κ2) is 7.08. The van der Waals surface area contributed by atoms with Crippen LogP contribution in [0.3, 0.4) is 0 Å². The van der Waals surface area contributed by atoms with Crippen LogP contribution >= 0.6 is 0 Å². The van der Waals surface area contributed by atoms with Gasteiger partial charge in [-0.25, -0.2) is 4.98 Å². The highest BCUT2D eigenvalue weighted by molar-refractivity contribution is 5.79. The number of nitrogens with zero attached hydrogens (tertiary/aromatic N) is 2. The van der Waals surface area contributed by atoms with Crippen LogP contribution in [-0.2, 0) is 17.8 Å². The minimum absolute atomic E-state index is 0.0102. The molecular weight excluding hydrogens is 302 g/mol. The molecule has 122 valence electrons. The molecule has 3 aromatic rings. The van der Waals surface area contributed by atoms with E-state index in [0.717, 1.165) is 12.0 Å². The number of benzene rings is 2. The lowest BCUT2D eigenvalue weighted by molar-refractivity contribution is -0.122. The van der Waals surface area contributed by atoms with Crippen molar-refractivity contribution in [2.75, 3.05) is 0 Å². The number of nitrogens with one attached hydrogen (secondary N) is 1. The van der Waals surface area contributed by atoms with Gasteiger partial charge < -0.3 is 5.32 Å². The summed E-state index contributed by atoms with van der Waals surface area (Å²) in [5.74, 6) is -0.197. The van der Waals surface area contributed by atoms with Crippen molar-refractivity contribution in [1.82, 2.24) is 14.9 Å². The summed E-state index contributed by atoms with van der Waals surface area (Å²) in [6, 6.07) is 17.1. The zero-order valence-electron chi connectivity index (χ0n) is 13.5. The highest BCUT2D eigenvalue weighted by atomic mass is 16.2. The van der Waals surface area contributed by atoms with E-state index in [1.807, 2.05) is 43.3 Å². The van der Waals surface area contributed by atoms with Crippen LogP contribution in [0.15, 0.2) is 65.7 Å². The standard InChI is InChI=1S/C19H19N3O2/c1-14(11-15-7-3-2-4-8-15)21-18(23)12-22-13-20-17-10-6-5-9-16(17)19(22)24/h2-10,13-14H,11-12H2,1H3,(H,21,23). The van der Waals surface area contributed by atoms with Crippen molar-refractivity contribution in [3.8, 4) is 0 Å². The molecule has 5 nitrogen and oxygen atoms in total. The van der Waals surface area contributed by atoms with Gasteiger partial charge in [0.1, 0.15) is 6.54 Å². The van der Waals surface area contributed by atoms with Crippen molar-refractivity contribution >= 4 is 16.8 Å². The Bertz CT molecular complexity index is 903. The van der Waals surface area contributed by atoms with Crippen LogP contribution in [0.2, 0.25) is 0 Å². The van der Waals surface area contributed by atoms with E-state index < -0.39 is 0 Å². The first-order chi connectivity index (χ1) is 11.6. The molecule has 1 unspecified atom stereocenters. The number of hydrogen-bond acceptors (Lipinski definition) is 3. The van der Waals surface area contributed by atoms with E-state index in [9.17, 15) is 9.59 Å². The molecule has 0 saturated heterocycles. The van der Waals surface area contributed by atoms with Crippen molar-refractivity contribution in [3.05, 3.63) is 76.8 Å². The van der Waals surface area contributed by atoms with Crippen molar-refractivity contribution in [2.45, 2.75) is 25.9 Å². The monoisotopic (exact) mass is 321 g/mol. The fourth-order valence-corrected chi connectivity index (χ4v) is 2.71. The number of amides is 1. The average Bonchev–Trinajstić information content (AvgIpc) is 2.58. The Balaban J connectivity index is 1.67. The molecule has 1 N–H and O–H groups in total. The van der Waals surface area contributed by atoms with Crippen molar-refractivity contribution in [1.29, 1.82) is 0 Å². The lowest BCUT2D eigenvalue weighted by atomic mass is 10.1. The summed E-state index contributed by atoms with van der Waals surface area (Å²) in [6.07, 6.45) is 2.17. The van der Waals surface area contributed by atoms with Crippen LogP contribution in [0.5, 0.6) is 0 Å². The number of hydrogen-bond donors (Lipinski definition) is 1. The molecule has 5 heteroatoms. The molecule has 0 fully saturated rings. The predicted octanol–water partition coefficient (Wildman–Crippen LogP) is 2.14. The smallest absolute Gasteiger partial charge is 0.261 e. The van der Waals surface area contributed by atoms with Gasteiger partial charge in [-0.2, -0.15) is 0 Å². The van der Waals surface area contributed by atoms with Gasteiger partial charge in [-0.05, 0) is 31.0 Å². The first-order valence-electron chi connectivity index (χ1n) is 7.91. The minimum Gasteiger partial charge on any atom is -0.352 e. The lowest BCUT2D eigenvalue weighted by Gasteiger charge is -2.14. The Morgan fingerprint density at radius 3 is 2.62 bits per heavy atom. The number of para-hydroxylation sites is 1. The molecule has 0 aliphatic carbocycles. The lowest BCUT2D eigenvalue weighted by Crippen LogP contribution is -2.38. The quantitative estimate of drug-likeness (QED) is 0.783. The number of carbonyl (C=O) groups is 1. The van der Waals surface area contributed by atoms with Crippen molar-refractivity contribution < 1.29 is 4.79 Å². The van der Waals surface area contributed by atoms with E-state index in [2.05, 4.69) is 10.3 Å². The summed E-state index contributed by atoms with van der Waals surface area (Å²) in [7, 11) is 0. The highest BCUT2D eigenvalue weighted by Crippen LogP contribution is 2.05. The van der Waals surface area contributed by atoms with Crippen LogP contribution in [-0.4, -0.2) is 21.5 Å². The Kier molecular flexibility index (Phi) is 4.70. The van der Waals surface area contributed by atoms with E-state index in [0.29, 0.717) is 10.9 Å². The molecule has 24 heavy (non-hydrogen) atoms. The zero-order valence-corrected chi connectivity index (χ0v) is 13.5. The van der Waals surface area contributed by atoms with Gasteiger partial charge in [-0.1, -0.05) is 42.5 Å². The van der Waals surface area contributed by atoms with E-state index in [4.69, 9.17) is 0 Å². The fraction of sp³-hybridized carbons (Fsp3) is 0.211. The van der Waals surface area contributed by atoms with Crippen LogP contribution in [0.25, 0.3) is 10.9 Å². The van der Waals surface area contributed by atoms with Gasteiger partial charge in [-0.15, -0.1) is 0 Å². The third-order valence-electron chi connectivity index (χ3n) is 3.84. The summed E-state index contributed by atoms with van der Waals surface area (Å²) < 4.78 is 1.34. The van der Waals surface area contributed by atoms with E-state index in [-0.39, 0.29) is 24.1 Å². The molecule has 0 saturated carbocycles. The van der Waals surface area contributed by atoms with Crippen LogP contribution in [0.1, 0.15) is 12.5 Å². The Morgan fingerprint density at radius 1 is 1.12 bits per heavy atom. The van der Waals surface area contributed by atoms with Crippen LogP contribution in [0, 0.1) is 0 Å².